The van der Waals surface area contributed by atoms with Gasteiger partial charge in [-0.2, -0.15) is 0 Å². The van der Waals surface area contributed by atoms with Crippen molar-refractivity contribution in [3.8, 4) is 0 Å². The molecule has 3 nitrogen and oxygen atoms in total. The van der Waals surface area contributed by atoms with Crippen molar-refractivity contribution in [3.63, 3.8) is 0 Å². The molecule has 0 spiro atoms. The summed E-state index contributed by atoms with van der Waals surface area (Å²) in [5, 5.41) is 8.82. The Kier molecular flexibility index (Phi) is 3.29. The third kappa shape index (κ3) is 2.08. The molecule has 1 aliphatic heterocycles. The molecule has 0 aromatic heterocycles. The number of rotatable bonds is 4. The second-order valence-electron chi connectivity index (χ2n) is 3.11. The molecule has 3 heteroatoms. The first-order valence-electron chi connectivity index (χ1n) is 4.33. The Balaban J connectivity index is 2.40. The minimum atomic E-state index is -0.684. The quantitative estimate of drug-likeness (QED) is 0.641. The smallest absolute Gasteiger partial charge is 0.320 e. The number of hydrogen-bond acceptors (Lipinski definition) is 2. The molecule has 1 fully saturated rings. The van der Waals surface area contributed by atoms with E-state index in [-0.39, 0.29) is 6.04 Å². The summed E-state index contributed by atoms with van der Waals surface area (Å²) in [4.78, 5) is 12.7. The monoisotopic (exact) mass is 169 g/mol. The maximum absolute atomic E-state index is 10.7. The lowest BCUT2D eigenvalue weighted by atomic mass is 10.2. The van der Waals surface area contributed by atoms with Gasteiger partial charge in [0.15, 0.2) is 0 Å². The molecule has 1 atom stereocenters. The Labute approximate surface area is 72.7 Å². The molecule has 0 unspecified atom stereocenters. The highest BCUT2D eigenvalue weighted by atomic mass is 16.4. The Morgan fingerprint density at radius 1 is 1.75 bits per heavy atom. The molecular formula is C9H15NO2. The van der Waals surface area contributed by atoms with Crippen LogP contribution in [0.5, 0.6) is 0 Å². The van der Waals surface area contributed by atoms with Crippen molar-refractivity contribution >= 4 is 5.97 Å². The number of aliphatic carboxylic acids is 1. The minimum absolute atomic E-state index is 0.245. The highest BCUT2D eigenvalue weighted by molar-refractivity contribution is 5.73. The Morgan fingerprint density at radius 3 is 3.08 bits per heavy atom. The SMILES string of the molecule is C=CCCN1CCC[C@H]1C(=O)O. The van der Waals surface area contributed by atoms with Crippen molar-refractivity contribution in [2.24, 2.45) is 0 Å². The number of nitrogens with zero attached hydrogens (tertiary/aromatic N) is 1. The van der Waals surface area contributed by atoms with Gasteiger partial charge in [-0.25, -0.2) is 0 Å². The van der Waals surface area contributed by atoms with E-state index in [2.05, 4.69) is 6.58 Å². The largest absolute Gasteiger partial charge is 0.480 e. The number of carboxylic acids is 1. The lowest BCUT2D eigenvalue weighted by Gasteiger charge is -2.19. The molecule has 0 saturated carbocycles. The van der Waals surface area contributed by atoms with Crippen molar-refractivity contribution in [1.29, 1.82) is 0 Å². The van der Waals surface area contributed by atoms with Crippen LogP contribution in [0.2, 0.25) is 0 Å². The molecule has 1 saturated heterocycles. The second-order valence-corrected chi connectivity index (χ2v) is 3.11. The minimum Gasteiger partial charge on any atom is -0.480 e. The molecule has 0 aromatic rings. The van der Waals surface area contributed by atoms with Crippen molar-refractivity contribution in [2.45, 2.75) is 25.3 Å². The van der Waals surface area contributed by atoms with Gasteiger partial charge >= 0.3 is 5.97 Å². The van der Waals surface area contributed by atoms with Crippen LogP contribution in [0.15, 0.2) is 12.7 Å². The van der Waals surface area contributed by atoms with Crippen LogP contribution < -0.4 is 0 Å². The molecule has 0 radical (unpaired) electrons. The number of carboxylic acid groups (broad SMARTS) is 1. The fourth-order valence-electron chi connectivity index (χ4n) is 1.63. The van der Waals surface area contributed by atoms with Gasteiger partial charge in [0, 0.05) is 6.54 Å². The van der Waals surface area contributed by atoms with E-state index in [0.29, 0.717) is 0 Å². The summed E-state index contributed by atoms with van der Waals surface area (Å²) >= 11 is 0. The van der Waals surface area contributed by atoms with Gasteiger partial charge in [0.05, 0.1) is 0 Å². The maximum atomic E-state index is 10.7. The molecular weight excluding hydrogens is 154 g/mol. The molecule has 0 amide bonds. The summed E-state index contributed by atoms with van der Waals surface area (Å²) < 4.78 is 0. The van der Waals surface area contributed by atoms with Gasteiger partial charge in [-0.15, -0.1) is 6.58 Å². The molecule has 1 heterocycles. The van der Waals surface area contributed by atoms with E-state index >= 15 is 0 Å². The topological polar surface area (TPSA) is 40.5 Å². The van der Waals surface area contributed by atoms with Crippen LogP contribution >= 0.6 is 0 Å². The standard InChI is InChI=1S/C9H15NO2/c1-2-3-6-10-7-4-5-8(10)9(11)12/h2,8H,1,3-7H2,(H,11,12)/t8-/m0/s1. The van der Waals surface area contributed by atoms with Crippen LogP contribution in [0.1, 0.15) is 19.3 Å². The summed E-state index contributed by atoms with van der Waals surface area (Å²) in [6, 6.07) is -0.245. The normalized spacial score (nSPS) is 24.2. The summed E-state index contributed by atoms with van der Waals surface area (Å²) in [6.45, 7) is 5.37. The number of hydrogen-bond donors (Lipinski definition) is 1. The zero-order valence-electron chi connectivity index (χ0n) is 7.20. The van der Waals surface area contributed by atoms with E-state index in [4.69, 9.17) is 5.11 Å². The predicted molar refractivity (Wildman–Crippen MR) is 47.0 cm³/mol. The van der Waals surface area contributed by atoms with Crippen molar-refractivity contribution < 1.29 is 9.90 Å². The second kappa shape index (κ2) is 4.26. The van der Waals surface area contributed by atoms with Gasteiger partial charge in [0.2, 0.25) is 0 Å². The van der Waals surface area contributed by atoms with E-state index in [0.717, 1.165) is 32.4 Å². The van der Waals surface area contributed by atoms with E-state index in [1.807, 2.05) is 11.0 Å². The Hall–Kier alpha value is -0.830. The first-order chi connectivity index (χ1) is 5.75. The van der Waals surface area contributed by atoms with E-state index < -0.39 is 5.97 Å². The Morgan fingerprint density at radius 2 is 2.50 bits per heavy atom. The molecule has 1 N–H and O–H groups in total. The number of likely N-dealkylation sites (tertiary alicyclic amines) is 1. The third-order valence-corrected chi connectivity index (χ3v) is 2.27. The molecule has 68 valence electrons. The summed E-state index contributed by atoms with van der Waals surface area (Å²) in [7, 11) is 0. The van der Waals surface area contributed by atoms with Crippen LogP contribution in [0.25, 0.3) is 0 Å². The first-order valence-corrected chi connectivity index (χ1v) is 4.33. The lowest BCUT2D eigenvalue weighted by molar-refractivity contribution is -0.142. The van der Waals surface area contributed by atoms with E-state index in [1.165, 1.54) is 0 Å². The fraction of sp³-hybridized carbons (Fsp3) is 0.667. The average molecular weight is 169 g/mol. The maximum Gasteiger partial charge on any atom is 0.320 e. The summed E-state index contributed by atoms with van der Waals surface area (Å²) in [5.41, 5.74) is 0. The lowest BCUT2D eigenvalue weighted by Crippen LogP contribution is -2.36. The Bertz CT molecular complexity index is 179. The van der Waals surface area contributed by atoms with Gasteiger partial charge < -0.3 is 5.11 Å². The van der Waals surface area contributed by atoms with Gasteiger partial charge in [-0.3, -0.25) is 9.69 Å². The predicted octanol–water partition coefficient (Wildman–Crippen LogP) is 1.11. The number of carbonyl (C=O) groups is 1. The van der Waals surface area contributed by atoms with E-state index in [1.54, 1.807) is 0 Å². The van der Waals surface area contributed by atoms with Crippen LogP contribution in [0.4, 0.5) is 0 Å². The van der Waals surface area contributed by atoms with Gasteiger partial charge in [-0.05, 0) is 25.8 Å². The third-order valence-electron chi connectivity index (χ3n) is 2.27. The molecule has 0 aromatic carbocycles. The average Bonchev–Trinajstić information content (AvgIpc) is 2.48. The van der Waals surface area contributed by atoms with Crippen molar-refractivity contribution in [2.75, 3.05) is 13.1 Å². The first kappa shape index (κ1) is 9.26. The molecule has 1 rings (SSSR count). The summed E-state index contributed by atoms with van der Waals surface area (Å²) in [6.07, 6.45) is 4.52. The molecule has 0 bridgehead atoms. The van der Waals surface area contributed by atoms with Crippen molar-refractivity contribution in [3.05, 3.63) is 12.7 Å². The highest BCUT2D eigenvalue weighted by Gasteiger charge is 2.29. The highest BCUT2D eigenvalue weighted by Crippen LogP contribution is 2.17. The van der Waals surface area contributed by atoms with Gasteiger partial charge in [-0.1, -0.05) is 6.08 Å². The zero-order valence-corrected chi connectivity index (χ0v) is 7.20. The van der Waals surface area contributed by atoms with E-state index in [9.17, 15) is 4.79 Å². The van der Waals surface area contributed by atoms with Crippen LogP contribution in [0.3, 0.4) is 0 Å². The molecule has 1 aliphatic rings. The van der Waals surface area contributed by atoms with Crippen LogP contribution in [-0.2, 0) is 4.79 Å². The van der Waals surface area contributed by atoms with Crippen LogP contribution in [0, 0.1) is 0 Å². The zero-order chi connectivity index (χ0) is 8.97. The van der Waals surface area contributed by atoms with Crippen molar-refractivity contribution in [1.82, 2.24) is 4.90 Å². The fourth-order valence-corrected chi connectivity index (χ4v) is 1.63. The molecule has 12 heavy (non-hydrogen) atoms. The van der Waals surface area contributed by atoms with Crippen LogP contribution in [-0.4, -0.2) is 35.1 Å². The van der Waals surface area contributed by atoms with Gasteiger partial charge in [0.1, 0.15) is 6.04 Å². The molecule has 0 aliphatic carbocycles. The summed E-state index contributed by atoms with van der Waals surface area (Å²) in [5.74, 6) is -0.684. The van der Waals surface area contributed by atoms with Gasteiger partial charge in [0.25, 0.3) is 0 Å².